The predicted octanol–water partition coefficient (Wildman–Crippen LogP) is 3.89. The van der Waals surface area contributed by atoms with E-state index in [4.69, 9.17) is 0 Å². The molecule has 0 saturated heterocycles. The lowest BCUT2D eigenvalue weighted by Crippen LogP contribution is -2.13. The van der Waals surface area contributed by atoms with Crippen LogP contribution in [-0.2, 0) is 0 Å². The summed E-state index contributed by atoms with van der Waals surface area (Å²) in [5.74, 6) is -1.35. The Labute approximate surface area is 122 Å². The number of hydrogen-bond donors (Lipinski definition) is 1. The molecular weight excluding hydrogens is 271 g/mol. The highest BCUT2D eigenvalue weighted by Crippen LogP contribution is 2.30. The Hall–Kier alpha value is -2.17. The number of halogens is 1. The zero-order valence-electron chi connectivity index (χ0n) is 11.6. The largest absolute Gasteiger partial charge is 0.478 e. The molecule has 0 unspecified atom stereocenters. The summed E-state index contributed by atoms with van der Waals surface area (Å²) < 4.78 is 14.8. The van der Waals surface area contributed by atoms with Gasteiger partial charge in [-0.25, -0.2) is 9.18 Å². The van der Waals surface area contributed by atoms with E-state index < -0.39 is 5.97 Å². The first kappa shape index (κ1) is 13.8. The quantitative estimate of drug-likeness (QED) is 0.932. The van der Waals surface area contributed by atoms with Crippen LogP contribution in [0.3, 0.4) is 0 Å². The van der Waals surface area contributed by atoms with Crippen LogP contribution in [0.15, 0.2) is 30.5 Å². The summed E-state index contributed by atoms with van der Waals surface area (Å²) in [5.41, 5.74) is 1.21. The fourth-order valence-corrected chi connectivity index (χ4v) is 2.90. The van der Waals surface area contributed by atoms with E-state index in [1.165, 1.54) is 18.6 Å². The molecule has 0 radical (unpaired) electrons. The summed E-state index contributed by atoms with van der Waals surface area (Å²) in [6.07, 6.45) is 7.20. The number of carboxylic acids is 1. The van der Waals surface area contributed by atoms with Crippen LogP contribution in [0.5, 0.6) is 0 Å². The fraction of sp³-hybridized carbons (Fsp3) is 0.375. The van der Waals surface area contributed by atoms with E-state index in [0.717, 1.165) is 25.7 Å². The number of nitrogens with zero attached hydrogens (tertiary/aromatic N) is 2. The van der Waals surface area contributed by atoms with Crippen molar-refractivity contribution in [2.75, 3.05) is 0 Å². The summed E-state index contributed by atoms with van der Waals surface area (Å²) in [6.45, 7) is 0. The van der Waals surface area contributed by atoms with Crippen molar-refractivity contribution in [2.24, 2.45) is 0 Å². The van der Waals surface area contributed by atoms with Gasteiger partial charge in [-0.2, -0.15) is 5.10 Å². The number of carboxylic acid groups (broad SMARTS) is 1. The number of aromatic nitrogens is 2. The summed E-state index contributed by atoms with van der Waals surface area (Å²) in [4.78, 5) is 11.4. The van der Waals surface area contributed by atoms with Crippen LogP contribution in [0.25, 0.3) is 11.3 Å². The predicted molar refractivity (Wildman–Crippen MR) is 76.7 cm³/mol. The van der Waals surface area contributed by atoms with Crippen LogP contribution in [0.4, 0.5) is 4.39 Å². The lowest BCUT2D eigenvalue weighted by molar-refractivity contribution is 0.0697. The van der Waals surface area contributed by atoms with E-state index >= 15 is 0 Å². The molecule has 1 aromatic heterocycles. The summed E-state index contributed by atoms with van der Waals surface area (Å²) in [7, 11) is 0. The molecule has 0 bridgehead atoms. The van der Waals surface area contributed by atoms with Gasteiger partial charge >= 0.3 is 5.97 Å². The lowest BCUT2D eigenvalue weighted by Gasteiger charge is -2.21. The van der Waals surface area contributed by atoms with Crippen molar-refractivity contribution >= 4 is 5.97 Å². The van der Waals surface area contributed by atoms with Crippen molar-refractivity contribution in [1.29, 1.82) is 0 Å². The van der Waals surface area contributed by atoms with Crippen molar-refractivity contribution in [3.63, 3.8) is 0 Å². The van der Waals surface area contributed by atoms with Gasteiger partial charge in [-0.15, -0.1) is 0 Å². The van der Waals surface area contributed by atoms with Gasteiger partial charge < -0.3 is 5.11 Å². The van der Waals surface area contributed by atoms with Crippen molar-refractivity contribution < 1.29 is 14.3 Å². The molecule has 0 amide bonds. The average Bonchev–Trinajstić information content (AvgIpc) is 2.94. The van der Waals surface area contributed by atoms with Crippen molar-refractivity contribution in [3.05, 3.63) is 41.8 Å². The third-order valence-corrected chi connectivity index (χ3v) is 4.03. The van der Waals surface area contributed by atoms with E-state index in [-0.39, 0.29) is 17.4 Å². The summed E-state index contributed by atoms with van der Waals surface area (Å²) in [5, 5.41) is 13.8. The first-order valence-corrected chi connectivity index (χ1v) is 7.23. The third-order valence-electron chi connectivity index (χ3n) is 4.03. The molecule has 1 saturated carbocycles. The first-order valence-electron chi connectivity index (χ1n) is 7.23. The maximum Gasteiger partial charge on any atom is 0.339 e. The molecule has 4 nitrogen and oxygen atoms in total. The first-order chi connectivity index (χ1) is 10.1. The molecule has 21 heavy (non-hydrogen) atoms. The van der Waals surface area contributed by atoms with Gasteiger partial charge in [0.25, 0.3) is 0 Å². The summed E-state index contributed by atoms with van der Waals surface area (Å²) >= 11 is 0. The minimum absolute atomic E-state index is 0.173. The second-order valence-electron chi connectivity index (χ2n) is 5.48. The van der Waals surface area contributed by atoms with Crippen LogP contribution in [0.2, 0.25) is 0 Å². The van der Waals surface area contributed by atoms with Gasteiger partial charge in [-0.3, -0.25) is 4.68 Å². The molecular formula is C16H17FN2O2. The third kappa shape index (κ3) is 2.82. The maximum absolute atomic E-state index is 13.0. The molecule has 1 aliphatic rings. The van der Waals surface area contributed by atoms with Gasteiger partial charge in [0.15, 0.2) is 0 Å². The Kier molecular flexibility index (Phi) is 3.73. The highest BCUT2D eigenvalue weighted by atomic mass is 19.1. The van der Waals surface area contributed by atoms with Gasteiger partial charge in [0.1, 0.15) is 17.1 Å². The van der Waals surface area contributed by atoms with Crippen molar-refractivity contribution in [2.45, 2.75) is 38.1 Å². The van der Waals surface area contributed by atoms with Crippen LogP contribution >= 0.6 is 0 Å². The van der Waals surface area contributed by atoms with Gasteiger partial charge in [0, 0.05) is 11.8 Å². The van der Waals surface area contributed by atoms with Crippen molar-refractivity contribution in [3.8, 4) is 11.3 Å². The topological polar surface area (TPSA) is 55.1 Å². The molecule has 0 atom stereocenters. The van der Waals surface area contributed by atoms with Crippen LogP contribution in [0.1, 0.15) is 48.5 Å². The molecule has 3 rings (SSSR count). The van der Waals surface area contributed by atoms with Crippen LogP contribution in [-0.4, -0.2) is 20.9 Å². The summed E-state index contributed by atoms with van der Waals surface area (Å²) in [6, 6.07) is 6.04. The average molecular weight is 288 g/mol. The minimum Gasteiger partial charge on any atom is -0.478 e. The Bertz CT molecular complexity index is 643. The molecule has 110 valence electrons. The molecule has 5 heteroatoms. The SMILES string of the molecule is O=C(O)c1cn(C2CCCCC2)nc1-c1ccc(F)cc1. The molecule has 1 fully saturated rings. The highest BCUT2D eigenvalue weighted by molar-refractivity contribution is 5.94. The van der Waals surface area contributed by atoms with E-state index in [1.807, 2.05) is 0 Å². The van der Waals surface area contributed by atoms with E-state index in [0.29, 0.717) is 11.3 Å². The standard InChI is InChI=1S/C16H17FN2O2/c17-12-8-6-11(7-9-12)15-14(16(20)21)10-19(18-15)13-4-2-1-3-5-13/h6-10,13H,1-5H2,(H,20,21). The van der Waals surface area contributed by atoms with E-state index in [1.54, 1.807) is 23.0 Å². The van der Waals surface area contributed by atoms with Crippen molar-refractivity contribution in [1.82, 2.24) is 9.78 Å². The van der Waals surface area contributed by atoms with Crippen LogP contribution in [0, 0.1) is 5.82 Å². The molecule has 0 spiro atoms. The Balaban J connectivity index is 2.00. The Morgan fingerprint density at radius 3 is 2.48 bits per heavy atom. The molecule has 1 N–H and O–H groups in total. The normalized spacial score (nSPS) is 16.0. The number of benzene rings is 1. The van der Waals surface area contributed by atoms with Gasteiger partial charge in [0.05, 0.1) is 6.04 Å². The highest BCUT2D eigenvalue weighted by Gasteiger charge is 2.22. The second-order valence-corrected chi connectivity index (χ2v) is 5.48. The minimum atomic E-state index is -1.00. The number of hydrogen-bond acceptors (Lipinski definition) is 2. The number of rotatable bonds is 3. The molecule has 1 aliphatic carbocycles. The zero-order chi connectivity index (χ0) is 14.8. The number of carbonyl (C=O) groups is 1. The van der Waals surface area contributed by atoms with Gasteiger partial charge in [-0.05, 0) is 37.1 Å². The Morgan fingerprint density at radius 2 is 1.86 bits per heavy atom. The molecule has 1 heterocycles. The maximum atomic E-state index is 13.0. The molecule has 1 aromatic carbocycles. The van der Waals surface area contributed by atoms with E-state index in [9.17, 15) is 14.3 Å². The lowest BCUT2D eigenvalue weighted by atomic mass is 9.96. The van der Waals surface area contributed by atoms with Crippen LogP contribution < -0.4 is 0 Å². The Morgan fingerprint density at radius 1 is 1.19 bits per heavy atom. The fourth-order valence-electron chi connectivity index (χ4n) is 2.90. The van der Waals surface area contributed by atoms with E-state index in [2.05, 4.69) is 5.10 Å². The second kappa shape index (κ2) is 5.68. The smallest absolute Gasteiger partial charge is 0.339 e. The zero-order valence-corrected chi connectivity index (χ0v) is 11.6. The molecule has 2 aromatic rings. The number of aromatic carboxylic acids is 1. The molecule has 0 aliphatic heterocycles. The van der Waals surface area contributed by atoms with Gasteiger partial charge in [-0.1, -0.05) is 19.3 Å². The van der Waals surface area contributed by atoms with Gasteiger partial charge in [0.2, 0.25) is 0 Å². The monoisotopic (exact) mass is 288 g/mol.